The van der Waals surface area contributed by atoms with Crippen molar-refractivity contribution in [3.8, 4) is 5.00 Å². The second-order valence-corrected chi connectivity index (χ2v) is 23.6. The van der Waals surface area contributed by atoms with Crippen LogP contribution in [0.15, 0.2) is 41.4 Å². The first kappa shape index (κ1) is 62.1. The molecule has 25 heteroatoms. The van der Waals surface area contributed by atoms with Crippen molar-refractivity contribution in [3.63, 3.8) is 0 Å². The van der Waals surface area contributed by atoms with Crippen molar-refractivity contribution in [1.29, 1.82) is 0 Å². The topological polar surface area (TPSA) is 237 Å². The van der Waals surface area contributed by atoms with Crippen LogP contribution in [-0.4, -0.2) is 175 Å². The Kier molecular flexibility index (Phi) is 21.2. The highest BCUT2D eigenvalue weighted by Gasteiger charge is 2.39. The van der Waals surface area contributed by atoms with Gasteiger partial charge in [-0.2, -0.15) is 0 Å². The molecule has 0 radical (unpaired) electrons. The van der Waals surface area contributed by atoms with Gasteiger partial charge < -0.3 is 59.9 Å². The quantitative estimate of drug-likeness (QED) is 0.0436. The minimum absolute atomic E-state index is 0.00766. The third-order valence-electron chi connectivity index (χ3n) is 16.5. The number of thiophene rings is 1. The van der Waals surface area contributed by atoms with Crippen LogP contribution in [0.3, 0.4) is 0 Å². The fraction of sp³-hybridized carbons (Fsp3) is 0.559. The van der Waals surface area contributed by atoms with Gasteiger partial charge in [-0.15, -0.1) is 21.5 Å². The van der Waals surface area contributed by atoms with Gasteiger partial charge >= 0.3 is 6.03 Å². The number of ether oxygens (including phenoxy) is 4. The molecule has 0 bridgehead atoms. The van der Waals surface area contributed by atoms with Gasteiger partial charge in [0.15, 0.2) is 23.6 Å². The molecule has 84 heavy (non-hydrogen) atoms. The lowest BCUT2D eigenvalue weighted by molar-refractivity contribution is -0.140. The largest absolute Gasteiger partial charge is 0.377 e. The lowest BCUT2D eigenvalue weighted by Crippen LogP contribution is -2.59. The van der Waals surface area contributed by atoms with E-state index in [-0.39, 0.29) is 111 Å². The van der Waals surface area contributed by atoms with Crippen molar-refractivity contribution in [3.05, 3.63) is 97.5 Å². The number of nitrogens with zero attached hydrogens (tertiary/aromatic N) is 7. The van der Waals surface area contributed by atoms with Gasteiger partial charge in [0.2, 0.25) is 11.8 Å². The second kappa shape index (κ2) is 28.7. The fourth-order valence-corrected chi connectivity index (χ4v) is 12.9. The number of hydrogen-bond acceptors (Lipinski definition) is 14. The van der Waals surface area contributed by atoms with Crippen LogP contribution in [0.1, 0.15) is 125 Å². The van der Waals surface area contributed by atoms with Gasteiger partial charge in [0, 0.05) is 78.3 Å². The second-order valence-electron chi connectivity index (χ2n) is 21.9. The highest BCUT2D eigenvalue weighted by Crippen LogP contribution is 2.39. The summed E-state index contributed by atoms with van der Waals surface area (Å²) in [6.45, 7) is 10.6. The number of carbonyl (C=O) groups is 5. The van der Waals surface area contributed by atoms with E-state index in [1.807, 2.05) is 35.8 Å². The Hall–Kier alpha value is -6.41. The Bertz CT molecular complexity index is 3190. The first-order valence-corrected chi connectivity index (χ1v) is 30.3. The summed E-state index contributed by atoms with van der Waals surface area (Å²) in [6, 6.07) is 7.88. The average Bonchev–Trinajstić information content (AvgIpc) is 2.40. The van der Waals surface area contributed by atoms with Gasteiger partial charge in [-0.1, -0.05) is 43.0 Å². The van der Waals surface area contributed by atoms with Crippen molar-refractivity contribution >= 4 is 69.2 Å². The zero-order valence-corrected chi connectivity index (χ0v) is 50.2. The SMILES string of the molecule is CN[C@@H](C)C(=O)N[C@H](C(=O)N1CCN(C(=O)c2c(C(=O)NCCOCCOCCOCCOC3CCC(NC(=O)N[C@@H]4N=C(c5ccc(Cl)cc5)c5c(sc(C)c5C)-n5c(C)nnc54)CC3)c3cc(F)c(F)cc3n2C)CC1)C1CCCCC1. The maximum atomic E-state index is 14.7. The van der Waals surface area contributed by atoms with Crippen LogP contribution in [0.4, 0.5) is 13.6 Å². The third-order valence-corrected chi connectivity index (χ3v) is 17.9. The molecule has 3 aromatic heterocycles. The van der Waals surface area contributed by atoms with Gasteiger partial charge in [-0.3, -0.25) is 28.7 Å². The van der Waals surface area contributed by atoms with E-state index >= 15 is 0 Å². The summed E-state index contributed by atoms with van der Waals surface area (Å²) in [5.41, 5.74) is 3.73. The Labute approximate surface area is 496 Å². The number of carbonyl (C=O) groups excluding carboxylic acids is 5. The molecule has 9 rings (SSSR count). The average molecular weight is 1200 g/mol. The number of hydrogen-bond donors (Lipinski definition) is 5. The number of aromatic nitrogens is 4. The van der Waals surface area contributed by atoms with Gasteiger partial charge in [-0.05, 0) is 103 Å². The normalized spacial score (nSPS) is 19.0. The number of rotatable bonds is 23. The van der Waals surface area contributed by atoms with Gasteiger partial charge in [0.05, 0.1) is 75.2 Å². The molecular weight excluding hydrogens is 1130 g/mol. The summed E-state index contributed by atoms with van der Waals surface area (Å²) in [4.78, 5) is 78.2. The highest BCUT2D eigenvalue weighted by atomic mass is 35.5. The Morgan fingerprint density at radius 1 is 0.798 bits per heavy atom. The lowest BCUT2D eigenvalue weighted by atomic mass is 9.83. The van der Waals surface area contributed by atoms with E-state index in [2.05, 4.69) is 50.6 Å². The molecule has 1 saturated heterocycles. The molecule has 5 aromatic rings. The summed E-state index contributed by atoms with van der Waals surface area (Å²) in [7, 11) is 3.21. The predicted octanol–water partition coefficient (Wildman–Crippen LogP) is 6.59. The minimum Gasteiger partial charge on any atom is -0.377 e. The Morgan fingerprint density at radius 3 is 2.12 bits per heavy atom. The first-order valence-electron chi connectivity index (χ1n) is 29.1. The molecule has 3 fully saturated rings. The number of piperazine rings is 1. The van der Waals surface area contributed by atoms with Crippen molar-refractivity contribution < 1.29 is 51.7 Å². The number of amides is 6. The molecule has 21 nitrogen and oxygen atoms in total. The van der Waals surface area contributed by atoms with Crippen molar-refractivity contribution in [2.45, 2.75) is 116 Å². The number of halogens is 3. The molecule has 2 aliphatic heterocycles. The zero-order valence-electron chi connectivity index (χ0n) is 48.6. The number of fused-ring (bicyclic) bond motifs is 4. The van der Waals surface area contributed by atoms with E-state index in [0.717, 1.165) is 102 Å². The van der Waals surface area contributed by atoms with Crippen LogP contribution >= 0.6 is 22.9 Å². The minimum atomic E-state index is -1.16. The Morgan fingerprint density at radius 2 is 1.44 bits per heavy atom. The molecule has 4 aliphatic rings. The zero-order chi connectivity index (χ0) is 59.6. The molecule has 454 valence electrons. The van der Waals surface area contributed by atoms with Crippen molar-refractivity contribution in [2.75, 3.05) is 86.0 Å². The van der Waals surface area contributed by atoms with Crippen LogP contribution in [0, 0.1) is 38.3 Å². The molecular formula is C59H77ClF2N12O9S. The molecule has 0 spiro atoms. The predicted molar refractivity (Wildman–Crippen MR) is 314 cm³/mol. The maximum absolute atomic E-state index is 14.7. The summed E-state index contributed by atoms with van der Waals surface area (Å²) in [5.74, 6) is -2.67. The number of likely N-dealkylation sites (N-methyl/N-ethyl adjacent to an activating group) is 1. The van der Waals surface area contributed by atoms with Gasteiger partial charge in [0.25, 0.3) is 11.8 Å². The van der Waals surface area contributed by atoms with E-state index < -0.39 is 41.7 Å². The molecule has 2 saturated carbocycles. The van der Waals surface area contributed by atoms with Crippen LogP contribution in [0.5, 0.6) is 0 Å². The van der Waals surface area contributed by atoms with E-state index in [9.17, 15) is 32.8 Å². The molecule has 6 amide bonds. The summed E-state index contributed by atoms with van der Waals surface area (Å²) in [6.07, 6.45) is 7.03. The maximum Gasteiger partial charge on any atom is 0.317 e. The molecule has 5 heterocycles. The standard InChI is InChI=1S/C59H77ClF2N12O9S/c1-34-36(3)84-58-47(34)49(39-12-14-40(60)15-13-39)66-52(53-70-69-37(4)74(53)58)68-59(79)65-41-16-18-42(19-17-41)83-31-30-82-29-28-81-27-26-80-25-20-64-55(76)48-43-32-44(61)45(62)33-46(43)71(6)51(48)57(78)73-23-21-72(22-24-73)56(77)50(38-10-8-7-9-11-38)67-54(75)35(2)63-5/h12-15,32-33,35,38,41-42,50,52,63H,7-11,16-31H2,1-6H3,(H,64,76)(H,67,75)(H2,65,68,79)/t35-,41?,42?,50-,52-/m0/s1. The third kappa shape index (κ3) is 14.5. The van der Waals surface area contributed by atoms with E-state index in [1.165, 1.54) is 16.5 Å². The van der Waals surface area contributed by atoms with Crippen LogP contribution in [-0.2, 0) is 35.6 Å². The fourth-order valence-electron chi connectivity index (χ4n) is 11.5. The highest BCUT2D eigenvalue weighted by molar-refractivity contribution is 7.15. The summed E-state index contributed by atoms with van der Waals surface area (Å²) >= 11 is 7.90. The van der Waals surface area contributed by atoms with E-state index in [0.29, 0.717) is 43.1 Å². The Balaban J connectivity index is 0.658. The smallest absolute Gasteiger partial charge is 0.317 e. The van der Waals surface area contributed by atoms with Crippen LogP contribution in [0.2, 0.25) is 5.02 Å². The monoisotopic (exact) mass is 1200 g/mol. The number of nitrogens with one attached hydrogen (secondary N) is 5. The number of aliphatic imine (C=N–C) groups is 1. The summed E-state index contributed by atoms with van der Waals surface area (Å²) < 4.78 is 55.9. The molecule has 3 atom stereocenters. The van der Waals surface area contributed by atoms with Crippen LogP contribution in [0.25, 0.3) is 15.9 Å². The lowest BCUT2D eigenvalue weighted by Gasteiger charge is -2.39. The van der Waals surface area contributed by atoms with E-state index in [4.69, 9.17) is 35.5 Å². The number of aryl methyl sites for hydroxylation is 3. The molecule has 2 aliphatic carbocycles. The number of urea groups is 1. The molecule has 2 aromatic carbocycles. The van der Waals surface area contributed by atoms with Gasteiger partial charge in [-0.25, -0.2) is 13.6 Å². The molecule has 0 unspecified atom stereocenters. The van der Waals surface area contributed by atoms with Crippen LogP contribution < -0.4 is 26.6 Å². The van der Waals surface area contributed by atoms with Crippen molar-refractivity contribution in [1.82, 2.24) is 55.7 Å². The first-order chi connectivity index (χ1) is 40.5. The van der Waals surface area contributed by atoms with Gasteiger partial charge in [0.1, 0.15) is 22.6 Å². The van der Waals surface area contributed by atoms with Crippen molar-refractivity contribution in [2.24, 2.45) is 18.0 Å². The molecule has 5 N–H and O–H groups in total. The summed E-state index contributed by atoms with van der Waals surface area (Å²) in [5, 5.41) is 25.4. The van der Waals surface area contributed by atoms with E-state index in [1.54, 1.807) is 30.2 Å². The number of benzene rings is 2.